The Kier molecular flexibility index (Phi) is 4.19. The fourth-order valence-electron chi connectivity index (χ4n) is 5.23. The SMILES string of the molecule is C[C@@H](O)CN1CC(=O)N2[C@H](c3ccc4c(c3)OCO4)c3[nH]c4ccccc4c3C[C@@H]2C1=O. The lowest BCUT2D eigenvalue weighted by atomic mass is 9.86. The van der Waals surface area contributed by atoms with Crippen LogP contribution in [0.3, 0.4) is 0 Å². The van der Waals surface area contributed by atoms with Gasteiger partial charge in [0, 0.05) is 29.6 Å². The third-order valence-corrected chi connectivity index (χ3v) is 6.54. The predicted molar refractivity (Wildman–Crippen MR) is 115 cm³/mol. The van der Waals surface area contributed by atoms with Crippen LogP contribution < -0.4 is 9.47 Å². The van der Waals surface area contributed by atoms with Gasteiger partial charge >= 0.3 is 0 Å². The van der Waals surface area contributed by atoms with Gasteiger partial charge in [0.1, 0.15) is 6.04 Å². The van der Waals surface area contributed by atoms with Crippen LogP contribution in [0.1, 0.15) is 29.8 Å². The number of piperazine rings is 1. The molecule has 3 aliphatic rings. The van der Waals surface area contributed by atoms with Gasteiger partial charge in [0.25, 0.3) is 0 Å². The van der Waals surface area contributed by atoms with E-state index in [4.69, 9.17) is 9.47 Å². The molecule has 3 aliphatic heterocycles. The van der Waals surface area contributed by atoms with Crippen LogP contribution in [0.25, 0.3) is 10.9 Å². The molecular formula is C24H23N3O5. The number of aromatic nitrogens is 1. The molecule has 32 heavy (non-hydrogen) atoms. The lowest BCUT2D eigenvalue weighted by Crippen LogP contribution is -2.63. The van der Waals surface area contributed by atoms with Gasteiger partial charge in [0.2, 0.25) is 18.6 Å². The largest absolute Gasteiger partial charge is 0.454 e. The summed E-state index contributed by atoms with van der Waals surface area (Å²) in [7, 11) is 0. The maximum atomic E-state index is 13.4. The zero-order valence-electron chi connectivity index (χ0n) is 17.6. The van der Waals surface area contributed by atoms with Crippen molar-refractivity contribution >= 4 is 22.7 Å². The Balaban J connectivity index is 1.52. The number of hydrogen-bond acceptors (Lipinski definition) is 5. The number of β-amino-alcohol motifs (C(OH)–C–C–N with tert-alkyl or cyclic N) is 1. The number of nitrogens with one attached hydrogen (secondary N) is 1. The number of aliphatic hydroxyl groups is 1. The fraction of sp³-hybridized carbons (Fsp3) is 0.333. The second-order valence-corrected chi connectivity index (χ2v) is 8.67. The van der Waals surface area contributed by atoms with Crippen LogP contribution in [0.5, 0.6) is 11.5 Å². The molecule has 1 saturated heterocycles. The molecule has 8 nitrogen and oxygen atoms in total. The molecule has 2 N–H and O–H groups in total. The Morgan fingerprint density at radius 2 is 1.97 bits per heavy atom. The molecule has 1 fully saturated rings. The van der Waals surface area contributed by atoms with Gasteiger partial charge in [0.05, 0.1) is 18.7 Å². The first-order chi connectivity index (χ1) is 15.5. The van der Waals surface area contributed by atoms with E-state index in [0.717, 1.165) is 27.7 Å². The number of ether oxygens (including phenoxy) is 2. The molecule has 8 heteroatoms. The lowest BCUT2D eigenvalue weighted by Gasteiger charge is -2.47. The Bertz CT molecular complexity index is 1250. The zero-order chi connectivity index (χ0) is 22.0. The first-order valence-electron chi connectivity index (χ1n) is 10.8. The van der Waals surface area contributed by atoms with Gasteiger partial charge in [-0.3, -0.25) is 9.59 Å². The van der Waals surface area contributed by atoms with Crippen molar-refractivity contribution in [2.75, 3.05) is 19.9 Å². The lowest BCUT2D eigenvalue weighted by molar-refractivity contribution is -0.159. The number of benzene rings is 2. The molecule has 3 atom stereocenters. The van der Waals surface area contributed by atoms with Gasteiger partial charge in [0.15, 0.2) is 11.5 Å². The quantitative estimate of drug-likeness (QED) is 0.659. The Morgan fingerprint density at radius 1 is 1.16 bits per heavy atom. The van der Waals surface area contributed by atoms with E-state index in [0.29, 0.717) is 17.9 Å². The van der Waals surface area contributed by atoms with Crippen molar-refractivity contribution < 1.29 is 24.2 Å². The summed E-state index contributed by atoms with van der Waals surface area (Å²) in [6, 6.07) is 12.6. The molecule has 4 heterocycles. The number of H-pyrrole nitrogens is 1. The van der Waals surface area contributed by atoms with Crippen molar-refractivity contribution in [3.8, 4) is 11.5 Å². The summed E-state index contributed by atoms with van der Waals surface area (Å²) in [4.78, 5) is 33.5. The highest BCUT2D eigenvalue weighted by molar-refractivity contribution is 5.97. The van der Waals surface area contributed by atoms with Crippen LogP contribution in [0, 0.1) is 0 Å². The second-order valence-electron chi connectivity index (χ2n) is 8.67. The van der Waals surface area contributed by atoms with Crippen LogP contribution in [0.15, 0.2) is 42.5 Å². The third kappa shape index (κ3) is 2.79. The van der Waals surface area contributed by atoms with E-state index in [1.807, 2.05) is 42.5 Å². The van der Waals surface area contributed by atoms with Crippen molar-refractivity contribution in [1.29, 1.82) is 0 Å². The van der Waals surface area contributed by atoms with Crippen LogP contribution in [-0.4, -0.2) is 63.7 Å². The standard InChI is InChI=1S/C24H23N3O5/c1-13(28)10-26-11-21(29)27-18(24(26)30)9-16-15-4-2-3-5-17(15)25-22(16)23(27)14-6-7-19-20(8-14)32-12-31-19/h2-8,13,18,23,25,28H,9-12H2,1H3/t13-,18-,23-/m1/s1. The molecule has 0 unspecified atom stereocenters. The normalized spacial score (nSPS) is 22.8. The van der Waals surface area contributed by atoms with E-state index >= 15 is 0 Å². The Morgan fingerprint density at radius 3 is 2.81 bits per heavy atom. The number of aromatic amines is 1. The minimum Gasteiger partial charge on any atom is -0.454 e. The number of para-hydroxylation sites is 1. The smallest absolute Gasteiger partial charge is 0.246 e. The summed E-state index contributed by atoms with van der Waals surface area (Å²) < 4.78 is 11.0. The van der Waals surface area contributed by atoms with E-state index in [1.54, 1.807) is 11.8 Å². The maximum absolute atomic E-state index is 13.4. The summed E-state index contributed by atoms with van der Waals surface area (Å²) in [6.07, 6.45) is -0.267. The molecule has 2 amide bonds. The predicted octanol–water partition coefficient (Wildman–Crippen LogP) is 1.96. The maximum Gasteiger partial charge on any atom is 0.246 e. The van der Waals surface area contributed by atoms with Crippen molar-refractivity contribution in [2.24, 2.45) is 0 Å². The topological polar surface area (TPSA) is 95.1 Å². The van der Waals surface area contributed by atoms with Crippen LogP contribution in [0.4, 0.5) is 0 Å². The molecule has 0 aliphatic carbocycles. The number of carbonyl (C=O) groups excluding carboxylic acids is 2. The second kappa shape index (κ2) is 7.00. The van der Waals surface area contributed by atoms with Crippen molar-refractivity contribution in [2.45, 2.75) is 31.5 Å². The Labute approximate surface area is 184 Å². The molecular weight excluding hydrogens is 410 g/mol. The van der Waals surface area contributed by atoms with Crippen LogP contribution in [0.2, 0.25) is 0 Å². The number of hydrogen-bond donors (Lipinski definition) is 2. The molecule has 0 bridgehead atoms. The van der Waals surface area contributed by atoms with Gasteiger partial charge in [-0.15, -0.1) is 0 Å². The monoisotopic (exact) mass is 433 g/mol. The van der Waals surface area contributed by atoms with E-state index in [-0.39, 0.29) is 31.7 Å². The average Bonchev–Trinajstić information content (AvgIpc) is 3.39. The molecule has 164 valence electrons. The van der Waals surface area contributed by atoms with Crippen molar-refractivity contribution in [3.63, 3.8) is 0 Å². The van der Waals surface area contributed by atoms with Crippen molar-refractivity contribution in [3.05, 3.63) is 59.3 Å². The third-order valence-electron chi connectivity index (χ3n) is 6.54. The first-order valence-corrected chi connectivity index (χ1v) is 10.8. The van der Waals surface area contributed by atoms with Crippen LogP contribution >= 0.6 is 0 Å². The highest BCUT2D eigenvalue weighted by atomic mass is 16.7. The molecule has 1 aromatic heterocycles. The minimum absolute atomic E-state index is 0.0448. The average molecular weight is 433 g/mol. The molecule has 2 aromatic carbocycles. The number of nitrogens with zero attached hydrogens (tertiary/aromatic N) is 2. The highest BCUT2D eigenvalue weighted by Crippen LogP contribution is 2.44. The van der Waals surface area contributed by atoms with Gasteiger partial charge < -0.3 is 29.4 Å². The summed E-state index contributed by atoms with van der Waals surface area (Å²) in [5.41, 5.74) is 3.80. The summed E-state index contributed by atoms with van der Waals surface area (Å²) in [6.45, 7) is 1.89. The number of amides is 2. The van der Waals surface area contributed by atoms with Gasteiger partial charge in [-0.1, -0.05) is 24.3 Å². The van der Waals surface area contributed by atoms with Crippen LogP contribution in [-0.2, 0) is 16.0 Å². The summed E-state index contributed by atoms with van der Waals surface area (Å²) in [5.74, 6) is 1.03. The molecule has 6 rings (SSSR count). The summed E-state index contributed by atoms with van der Waals surface area (Å²) >= 11 is 0. The number of carbonyl (C=O) groups is 2. The first kappa shape index (κ1) is 19.2. The number of rotatable bonds is 3. The van der Waals surface area contributed by atoms with E-state index in [9.17, 15) is 14.7 Å². The minimum atomic E-state index is -0.699. The molecule has 0 radical (unpaired) electrons. The highest BCUT2D eigenvalue weighted by Gasteiger charge is 2.48. The van der Waals surface area contributed by atoms with Gasteiger partial charge in [-0.05, 0) is 36.2 Å². The molecule has 3 aromatic rings. The number of aliphatic hydroxyl groups excluding tert-OH is 1. The van der Waals surface area contributed by atoms with Crippen molar-refractivity contribution in [1.82, 2.24) is 14.8 Å². The zero-order valence-corrected chi connectivity index (χ0v) is 17.6. The van der Waals surface area contributed by atoms with Gasteiger partial charge in [-0.25, -0.2) is 0 Å². The summed E-state index contributed by atoms with van der Waals surface area (Å²) in [5, 5.41) is 10.9. The fourth-order valence-corrected chi connectivity index (χ4v) is 5.23. The van der Waals surface area contributed by atoms with E-state index in [2.05, 4.69) is 4.98 Å². The van der Waals surface area contributed by atoms with E-state index in [1.165, 1.54) is 4.90 Å². The molecule has 0 saturated carbocycles. The number of fused-ring (bicyclic) bond motifs is 5. The Hall–Kier alpha value is -3.52. The van der Waals surface area contributed by atoms with Gasteiger partial charge in [-0.2, -0.15) is 0 Å². The van der Waals surface area contributed by atoms with E-state index < -0.39 is 18.2 Å². The molecule has 0 spiro atoms.